The van der Waals surface area contributed by atoms with Crippen molar-refractivity contribution in [2.24, 2.45) is 10.9 Å². The van der Waals surface area contributed by atoms with Gasteiger partial charge in [0.25, 0.3) is 0 Å². The fraction of sp³-hybridized carbons (Fsp3) is 0.480. The van der Waals surface area contributed by atoms with Crippen molar-refractivity contribution in [3.63, 3.8) is 0 Å². The van der Waals surface area contributed by atoms with E-state index in [-0.39, 0.29) is 25.5 Å². The lowest BCUT2D eigenvalue weighted by Crippen LogP contribution is -2.38. The summed E-state index contributed by atoms with van der Waals surface area (Å²) in [5.41, 5.74) is 2.40. The minimum Gasteiger partial charge on any atom is -0.497 e. The Morgan fingerprint density at radius 2 is 1.94 bits per heavy atom. The number of aliphatic imine (C=N–C) groups is 1. The number of carbonyl (C=O) groups excluding carboxylic acids is 2. The first-order valence-electron chi connectivity index (χ1n) is 11.4. The largest absolute Gasteiger partial charge is 0.497 e. The van der Waals surface area contributed by atoms with E-state index in [0.717, 1.165) is 11.3 Å². The molecule has 0 saturated heterocycles. The van der Waals surface area contributed by atoms with Crippen LogP contribution in [0.4, 0.5) is 0 Å². The summed E-state index contributed by atoms with van der Waals surface area (Å²) < 4.78 is 21.6. The van der Waals surface area contributed by atoms with E-state index in [1.165, 1.54) is 11.8 Å². The molecular formula is C25H33N3O6S. The molecular weight excluding hydrogens is 470 g/mol. The number of amides is 1. The highest BCUT2D eigenvalue weighted by atomic mass is 32.2. The van der Waals surface area contributed by atoms with Crippen LogP contribution < -0.4 is 14.8 Å². The lowest BCUT2D eigenvalue weighted by Gasteiger charge is -2.36. The molecule has 0 bridgehead atoms. The zero-order valence-corrected chi connectivity index (χ0v) is 21.9. The van der Waals surface area contributed by atoms with E-state index in [4.69, 9.17) is 18.9 Å². The molecule has 190 valence electrons. The van der Waals surface area contributed by atoms with E-state index in [9.17, 15) is 9.59 Å². The molecule has 1 aromatic carbocycles. The third-order valence-electron chi connectivity index (χ3n) is 5.53. The van der Waals surface area contributed by atoms with Crippen LogP contribution in [0.15, 0.2) is 45.6 Å². The fourth-order valence-electron chi connectivity index (χ4n) is 3.81. The monoisotopic (exact) mass is 503 g/mol. The average Bonchev–Trinajstić information content (AvgIpc) is 3.23. The number of amidine groups is 1. The van der Waals surface area contributed by atoms with Gasteiger partial charge in [-0.25, -0.2) is 9.79 Å². The number of nitrogens with one attached hydrogen (secondary N) is 1. The summed E-state index contributed by atoms with van der Waals surface area (Å²) in [6, 6.07) is 4.85. The first-order chi connectivity index (χ1) is 16.8. The average molecular weight is 504 g/mol. The summed E-state index contributed by atoms with van der Waals surface area (Å²) in [4.78, 5) is 32.6. The first-order valence-corrected chi connectivity index (χ1v) is 12.3. The molecule has 1 aromatic rings. The van der Waals surface area contributed by atoms with Crippen LogP contribution in [-0.2, 0) is 19.1 Å². The van der Waals surface area contributed by atoms with Crippen LogP contribution in [0.2, 0.25) is 0 Å². The quantitative estimate of drug-likeness (QED) is 0.361. The summed E-state index contributed by atoms with van der Waals surface area (Å²) in [7, 11) is 4.69. The van der Waals surface area contributed by atoms with Crippen molar-refractivity contribution in [1.82, 2.24) is 10.2 Å². The minimum absolute atomic E-state index is 0.0947. The Labute approximate surface area is 210 Å². The molecule has 9 nitrogen and oxygen atoms in total. The van der Waals surface area contributed by atoms with Crippen LogP contribution in [0.5, 0.6) is 11.5 Å². The number of hydrogen-bond donors (Lipinski definition) is 1. The normalized spacial score (nSPS) is 17.1. The van der Waals surface area contributed by atoms with Crippen LogP contribution in [0.1, 0.15) is 38.8 Å². The number of nitrogens with zero attached hydrogens (tertiary/aromatic N) is 2. The molecule has 2 aliphatic rings. The van der Waals surface area contributed by atoms with Gasteiger partial charge in [-0.2, -0.15) is 0 Å². The minimum atomic E-state index is -0.599. The number of ether oxygens (including phenoxy) is 4. The molecule has 0 fully saturated rings. The molecule has 0 aliphatic carbocycles. The van der Waals surface area contributed by atoms with E-state index in [1.807, 2.05) is 36.3 Å². The Morgan fingerprint density at radius 1 is 1.17 bits per heavy atom. The molecule has 2 heterocycles. The maximum absolute atomic E-state index is 13.3. The maximum atomic E-state index is 13.3. The van der Waals surface area contributed by atoms with E-state index in [1.54, 1.807) is 34.3 Å². The first kappa shape index (κ1) is 26.6. The SMILES string of the molecule is COCCOC(=O)C1=C(C)N=C2SC=C(CC(=O)NCC(C)C)N2[C@H]1c1ccc(OC)cc1OC. The fourth-order valence-corrected chi connectivity index (χ4v) is 4.77. The Hall–Kier alpha value is -2.98. The van der Waals surface area contributed by atoms with Gasteiger partial charge in [-0.1, -0.05) is 25.6 Å². The summed E-state index contributed by atoms with van der Waals surface area (Å²) in [5.74, 6) is 0.924. The topological polar surface area (TPSA) is 98.7 Å². The van der Waals surface area contributed by atoms with E-state index < -0.39 is 12.0 Å². The predicted molar refractivity (Wildman–Crippen MR) is 135 cm³/mol. The van der Waals surface area contributed by atoms with Gasteiger partial charge in [0.1, 0.15) is 18.1 Å². The van der Waals surface area contributed by atoms with E-state index in [2.05, 4.69) is 10.3 Å². The Balaban J connectivity index is 2.03. The third kappa shape index (κ3) is 6.18. The predicted octanol–water partition coefficient (Wildman–Crippen LogP) is 3.63. The van der Waals surface area contributed by atoms with Crippen molar-refractivity contribution in [2.75, 3.05) is 41.1 Å². The second-order valence-electron chi connectivity index (χ2n) is 8.50. The molecule has 0 radical (unpaired) electrons. The summed E-state index contributed by atoms with van der Waals surface area (Å²) in [6.45, 7) is 6.86. The summed E-state index contributed by atoms with van der Waals surface area (Å²) in [5, 5.41) is 5.55. The summed E-state index contributed by atoms with van der Waals surface area (Å²) >= 11 is 1.42. The van der Waals surface area contributed by atoms with Gasteiger partial charge in [0.15, 0.2) is 5.17 Å². The number of hydrogen-bond acceptors (Lipinski definition) is 9. The molecule has 0 unspecified atom stereocenters. The highest BCUT2D eigenvalue weighted by Crippen LogP contribution is 2.47. The number of esters is 1. The van der Waals surface area contributed by atoms with Crippen molar-refractivity contribution in [3.8, 4) is 11.5 Å². The number of benzene rings is 1. The lowest BCUT2D eigenvalue weighted by atomic mass is 9.93. The second-order valence-corrected chi connectivity index (χ2v) is 9.34. The Morgan fingerprint density at radius 3 is 2.60 bits per heavy atom. The van der Waals surface area contributed by atoms with Crippen molar-refractivity contribution in [2.45, 2.75) is 33.2 Å². The number of allylic oxidation sites excluding steroid dienone is 1. The molecule has 0 aromatic heterocycles. The number of thioether (sulfide) groups is 1. The highest BCUT2D eigenvalue weighted by molar-refractivity contribution is 8.16. The number of carbonyl (C=O) groups is 2. The molecule has 0 saturated carbocycles. The maximum Gasteiger partial charge on any atom is 0.338 e. The van der Waals surface area contributed by atoms with Crippen molar-refractivity contribution >= 4 is 28.8 Å². The molecule has 2 aliphatic heterocycles. The molecule has 10 heteroatoms. The third-order valence-corrected chi connectivity index (χ3v) is 6.41. The van der Waals surface area contributed by atoms with Gasteiger partial charge in [0, 0.05) is 31.0 Å². The van der Waals surface area contributed by atoms with Gasteiger partial charge in [0.2, 0.25) is 5.91 Å². The van der Waals surface area contributed by atoms with Crippen molar-refractivity contribution in [1.29, 1.82) is 0 Å². The highest BCUT2D eigenvalue weighted by Gasteiger charge is 2.42. The smallest absolute Gasteiger partial charge is 0.338 e. The summed E-state index contributed by atoms with van der Waals surface area (Å²) in [6.07, 6.45) is 0.152. The molecule has 35 heavy (non-hydrogen) atoms. The van der Waals surface area contributed by atoms with Gasteiger partial charge in [-0.3, -0.25) is 4.79 Å². The Kier molecular flexibility index (Phi) is 9.22. The van der Waals surface area contributed by atoms with E-state index >= 15 is 0 Å². The van der Waals surface area contributed by atoms with Gasteiger partial charge in [-0.05, 0) is 30.4 Å². The number of methoxy groups -OCH3 is 3. The van der Waals surface area contributed by atoms with Gasteiger partial charge < -0.3 is 29.2 Å². The number of fused-ring (bicyclic) bond motifs is 1. The standard InChI is InChI=1S/C25H33N3O6S/c1-15(2)13-26-21(29)11-17-14-35-25-27-16(3)22(24(30)34-10-9-31-4)23(28(17)25)19-8-7-18(32-5)12-20(19)33-6/h7-8,12,14-15,23H,9-11,13H2,1-6H3,(H,26,29)/t23-/m0/s1. The van der Waals surface area contributed by atoms with Crippen LogP contribution in [0, 0.1) is 5.92 Å². The van der Waals surface area contributed by atoms with E-state index in [0.29, 0.717) is 40.4 Å². The van der Waals surface area contributed by atoms with Crippen LogP contribution in [-0.4, -0.2) is 63.0 Å². The molecule has 1 N–H and O–H groups in total. The zero-order chi connectivity index (χ0) is 25.5. The Bertz CT molecular complexity index is 1050. The van der Waals surface area contributed by atoms with Crippen molar-refractivity contribution in [3.05, 3.63) is 46.1 Å². The molecule has 3 rings (SSSR count). The second kappa shape index (κ2) is 12.1. The van der Waals surface area contributed by atoms with Crippen LogP contribution >= 0.6 is 11.8 Å². The van der Waals surface area contributed by atoms with Crippen LogP contribution in [0.25, 0.3) is 0 Å². The number of rotatable bonds is 11. The van der Waals surface area contributed by atoms with Crippen molar-refractivity contribution < 1.29 is 28.5 Å². The molecule has 1 atom stereocenters. The molecule has 1 amide bonds. The molecule has 0 spiro atoms. The van der Waals surface area contributed by atoms with Gasteiger partial charge >= 0.3 is 5.97 Å². The lowest BCUT2D eigenvalue weighted by molar-refractivity contribution is -0.141. The zero-order valence-electron chi connectivity index (χ0n) is 21.0. The van der Waals surface area contributed by atoms with Crippen LogP contribution in [0.3, 0.4) is 0 Å². The van der Waals surface area contributed by atoms with Gasteiger partial charge in [-0.15, -0.1) is 0 Å². The van der Waals surface area contributed by atoms with Gasteiger partial charge in [0.05, 0.1) is 44.6 Å².